The van der Waals surface area contributed by atoms with Crippen molar-refractivity contribution in [3.8, 4) is 0 Å². The summed E-state index contributed by atoms with van der Waals surface area (Å²) in [5, 5.41) is 11.4. The maximum absolute atomic E-state index is 17.3. The number of Topliss-reactive ketones (excluding diaryl/α,β-unsaturated/α-hetero) is 1. The van der Waals surface area contributed by atoms with Crippen molar-refractivity contribution in [2.75, 3.05) is 5.88 Å². The number of esters is 1. The molecular formula is C25H31ClF2O5. The first-order valence-corrected chi connectivity index (χ1v) is 11.6. The van der Waals surface area contributed by atoms with E-state index in [1.165, 1.54) is 26.8 Å². The number of allylic oxidation sites excluding steroid dienone is 4. The highest BCUT2D eigenvalue weighted by Crippen LogP contribution is 2.71. The van der Waals surface area contributed by atoms with Crippen molar-refractivity contribution in [1.29, 1.82) is 0 Å². The van der Waals surface area contributed by atoms with Gasteiger partial charge in [-0.2, -0.15) is 0 Å². The minimum absolute atomic E-state index is 0.0384. The molecule has 8 heteroatoms. The monoisotopic (exact) mass is 489 g/mol. The Morgan fingerprint density at radius 1 is 1.36 bits per heavy atom. The predicted molar refractivity (Wildman–Crippen MR) is 118 cm³/mol. The summed E-state index contributed by atoms with van der Waals surface area (Å²) >= 11 is 5.93. The minimum Gasteiger partial charge on any atom is -0.450 e. The molecule has 0 spiro atoms. The van der Waals surface area contributed by atoms with E-state index >= 15 is 8.78 Å². The summed E-state index contributed by atoms with van der Waals surface area (Å²) in [6, 6.07) is 0. The average molecular weight is 490 g/mol. The van der Waals surface area contributed by atoms with Crippen LogP contribution >= 0.6 is 11.6 Å². The van der Waals surface area contributed by atoms with E-state index in [0.29, 0.717) is 0 Å². The van der Waals surface area contributed by atoms with Gasteiger partial charge in [-0.25, -0.2) is 8.78 Å². The highest BCUT2D eigenvalue weighted by atomic mass is 35.5. The van der Waals surface area contributed by atoms with E-state index in [1.54, 1.807) is 0 Å². The number of hydrogen-bond donors (Lipinski definition) is 1. The number of rotatable bonds is 4. The van der Waals surface area contributed by atoms with Crippen LogP contribution in [0.25, 0.3) is 0 Å². The zero-order valence-electron chi connectivity index (χ0n) is 23.7. The summed E-state index contributed by atoms with van der Waals surface area (Å²) in [6.07, 6.45) is -4.34. The molecule has 0 aliphatic heterocycles. The molecule has 0 aromatic carbocycles. The van der Waals surface area contributed by atoms with Crippen LogP contribution < -0.4 is 0 Å². The number of hydrogen-bond acceptors (Lipinski definition) is 5. The first kappa shape index (κ1) is 18.7. The normalized spacial score (nSPS) is 51.5. The van der Waals surface area contributed by atoms with Gasteiger partial charge in [0.2, 0.25) is 0 Å². The highest BCUT2D eigenvalue weighted by Gasteiger charge is 2.77. The van der Waals surface area contributed by atoms with Gasteiger partial charge < -0.3 is 9.84 Å². The van der Waals surface area contributed by atoms with E-state index in [-0.39, 0.29) is 12.0 Å². The standard InChI is InChI=1S/C25H31ClF2O5/c1-5-21(32)33-25(20(31)12-26)13(2)8-15-16-10-18(27)17-9-14(29)6-7-22(17,3)24(16,28)19(30)11-23(15,25)4/h6-7,9,13,15-16,18-19,30H,5,8,10-12H2,1-4H3/t13-,15-,16-,18-,19-,22-,23-,24-,25-/m0/s1/i1D3,5D2. The second-order valence-electron chi connectivity index (χ2n) is 10.3. The van der Waals surface area contributed by atoms with Crippen molar-refractivity contribution in [2.45, 2.75) is 76.8 Å². The largest absolute Gasteiger partial charge is 0.450 e. The van der Waals surface area contributed by atoms with Crippen LogP contribution in [0.2, 0.25) is 0 Å². The van der Waals surface area contributed by atoms with E-state index in [1.807, 2.05) is 0 Å². The maximum Gasteiger partial charge on any atom is 0.306 e. The number of carbonyl (C=O) groups is 3. The fourth-order valence-corrected chi connectivity index (χ4v) is 7.86. The van der Waals surface area contributed by atoms with Crippen LogP contribution in [-0.2, 0) is 19.1 Å². The zero-order chi connectivity index (χ0) is 28.9. The number of ether oxygens (including phenoxy) is 1. The van der Waals surface area contributed by atoms with Crippen LogP contribution in [0.1, 0.15) is 60.1 Å². The van der Waals surface area contributed by atoms with Crippen LogP contribution in [0.3, 0.4) is 0 Å². The number of ketones is 2. The third kappa shape index (κ3) is 2.87. The maximum atomic E-state index is 17.3. The topological polar surface area (TPSA) is 80.7 Å². The lowest BCUT2D eigenvalue weighted by molar-refractivity contribution is -0.230. The number of aliphatic hydroxyl groups is 1. The fourth-order valence-electron chi connectivity index (χ4n) is 7.66. The van der Waals surface area contributed by atoms with Gasteiger partial charge >= 0.3 is 5.97 Å². The molecule has 0 radical (unpaired) electrons. The SMILES string of the molecule is [2H]C([2H])([2H])C([2H])([2H])C(=O)O[C@]1(C(=O)CCl)[C@@H](C)C[C@H]2[C@@H]3C[C@H](F)C4=CC(=O)C=C[C@]4(C)[C@@]3(F)[C@@H](O)C[C@@]21C. The molecule has 0 amide bonds. The molecule has 4 aliphatic rings. The molecule has 0 aromatic heterocycles. The smallest absolute Gasteiger partial charge is 0.306 e. The predicted octanol–water partition coefficient (Wildman–Crippen LogP) is 4.05. The third-order valence-corrected chi connectivity index (χ3v) is 9.30. The Balaban J connectivity index is 1.86. The Morgan fingerprint density at radius 2 is 2.06 bits per heavy atom. The Kier molecular flexibility index (Phi) is 4.36. The van der Waals surface area contributed by atoms with E-state index in [4.69, 9.17) is 23.2 Å². The van der Waals surface area contributed by atoms with Gasteiger partial charge in [0.15, 0.2) is 22.8 Å². The van der Waals surface area contributed by atoms with Gasteiger partial charge in [-0.1, -0.05) is 26.8 Å². The summed E-state index contributed by atoms with van der Waals surface area (Å²) in [4.78, 5) is 38.5. The molecule has 4 aliphatic carbocycles. The molecule has 0 heterocycles. The van der Waals surface area contributed by atoms with Crippen molar-refractivity contribution in [2.24, 2.45) is 28.6 Å². The van der Waals surface area contributed by atoms with Gasteiger partial charge in [0, 0.05) is 35.9 Å². The summed E-state index contributed by atoms with van der Waals surface area (Å²) < 4.78 is 76.6. The minimum atomic E-state index is -3.47. The third-order valence-electron chi connectivity index (χ3n) is 9.06. The fraction of sp³-hybridized carbons (Fsp3) is 0.720. The van der Waals surface area contributed by atoms with Crippen molar-refractivity contribution in [3.05, 3.63) is 23.8 Å². The lowest BCUT2D eigenvalue weighted by atomic mass is 9.44. The molecule has 1 N–H and O–H groups in total. The van der Waals surface area contributed by atoms with Crippen molar-refractivity contribution in [1.82, 2.24) is 0 Å². The molecule has 3 saturated carbocycles. The summed E-state index contributed by atoms with van der Waals surface area (Å²) in [5.74, 6) is -6.72. The first-order valence-electron chi connectivity index (χ1n) is 13.5. The van der Waals surface area contributed by atoms with Gasteiger partial charge in [0.1, 0.15) is 6.17 Å². The number of halogens is 3. The Hall–Kier alpha value is -1.60. The summed E-state index contributed by atoms with van der Waals surface area (Å²) in [7, 11) is 0. The Morgan fingerprint density at radius 3 is 2.70 bits per heavy atom. The van der Waals surface area contributed by atoms with Crippen LogP contribution in [0.4, 0.5) is 8.78 Å². The molecule has 182 valence electrons. The molecule has 0 bridgehead atoms. The van der Waals surface area contributed by atoms with Gasteiger partial charge in [-0.05, 0) is 49.8 Å². The molecule has 0 saturated heterocycles. The number of alkyl halides is 3. The molecule has 33 heavy (non-hydrogen) atoms. The van der Waals surface area contributed by atoms with E-state index in [2.05, 4.69) is 0 Å². The second-order valence-corrected chi connectivity index (χ2v) is 10.6. The van der Waals surface area contributed by atoms with Crippen LogP contribution in [0.5, 0.6) is 0 Å². The lowest BCUT2D eigenvalue weighted by Gasteiger charge is -2.63. The number of carbonyl (C=O) groups excluding carboxylic acids is 3. The highest BCUT2D eigenvalue weighted by molar-refractivity contribution is 6.29. The second kappa shape index (κ2) is 7.70. The zero-order valence-corrected chi connectivity index (χ0v) is 19.4. The molecule has 0 unspecified atom stereocenters. The van der Waals surface area contributed by atoms with Crippen LogP contribution in [0.15, 0.2) is 23.8 Å². The van der Waals surface area contributed by atoms with E-state index in [9.17, 15) is 19.5 Å². The number of aliphatic hydroxyl groups excluding tert-OH is 1. The molecule has 4 rings (SSSR count). The van der Waals surface area contributed by atoms with Crippen molar-refractivity contribution < 1.29 is 39.9 Å². The van der Waals surface area contributed by atoms with E-state index < -0.39 is 102 Å². The summed E-state index contributed by atoms with van der Waals surface area (Å²) in [6.45, 7) is 1.03. The van der Waals surface area contributed by atoms with E-state index in [0.717, 1.165) is 12.2 Å². The van der Waals surface area contributed by atoms with Gasteiger partial charge in [-0.3, -0.25) is 14.4 Å². The Bertz CT molecular complexity index is 1140. The molecular weight excluding hydrogens is 454 g/mol. The quantitative estimate of drug-likeness (QED) is 0.476. The average Bonchev–Trinajstić information content (AvgIpc) is 3.03. The molecule has 0 aromatic rings. The van der Waals surface area contributed by atoms with Crippen LogP contribution in [0, 0.1) is 28.6 Å². The first-order chi connectivity index (χ1) is 17.3. The molecule has 5 nitrogen and oxygen atoms in total. The van der Waals surface area contributed by atoms with Gasteiger partial charge in [0.05, 0.1) is 12.0 Å². The van der Waals surface area contributed by atoms with Gasteiger partial charge in [0.25, 0.3) is 0 Å². The Labute approximate surface area is 204 Å². The van der Waals surface area contributed by atoms with Gasteiger partial charge in [-0.15, -0.1) is 11.6 Å². The molecule has 9 atom stereocenters. The number of fused-ring (bicyclic) bond motifs is 5. The lowest BCUT2D eigenvalue weighted by Crippen LogP contribution is -2.71. The van der Waals surface area contributed by atoms with Crippen molar-refractivity contribution in [3.63, 3.8) is 0 Å². The van der Waals surface area contributed by atoms with Crippen LogP contribution in [-0.4, -0.2) is 52.1 Å². The summed E-state index contributed by atoms with van der Waals surface area (Å²) in [5.41, 5.74) is -7.91. The van der Waals surface area contributed by atoms with Crippen molar-refractivity contribution >= 4 is 29.1 Å². The molecule has 3 fully saturated rings.